The molecule has 1 aromatic carbocycles. The van der Waals surface area contributed by atoms with E-state index in [2.05, 4.69) is 10.2 Å². The fourth-order valence-electron chi connectivity index (χ4n) is 0.860. The van der Waals surface area contributed by atoms with Crippen LogP contribution in [0.25, 0.3) is 0 Å². The number of hydrogen-bond donors (Lipinski definition) is 0. The molecule has 0 heterocycles. The molecule has 70 valence electrons. The van der Waals surface area contributed by atoms with Crippen LogP contribution in [0.15, 0.2) is 40.5 Å². The lowest BCUT2D eigenvalue weighted by Gasteiger charge is -1.93. The summed E-state index contributed by atoms with van der Waals surface area (Å²) in [7, 11) is 0. The van der Waals surface area contributed by atoms with Gasteiger partial charge in [-0.1, -0.05) is 41.9 Å². The fourth-order valence-corrected chi connectivity index (χ4v) is 0.897. The lowest BCUT2D eigenvalue weighted by Crippen LogP contribution is -1.95. The van der Waals surface area contributed by atoms with Crippen LogP contribution in [0.4, 0.5) is 0 Å². The first-order valence-electron chi connectivity index (χ1n) is 3.97. The Hall–Kier alpha value is -1.66. The molecule has 0 radical (unpaired) electrons. The summed E-state index contributed by atoms with van der Waals surface area (Å²) in [5.74, 6) is 0. The monoisotopic (exact) mass is 205 g/mol. The molecule has 0 N–H and O–H groups in total. The average Bonchev–Trinajstić information content (AvgIpc) is 2.20. The van der Waals surface area contributed by atoms with Crippen molar-refractivity contribution >= 4 is 22.5 Å². The van der Waals surface area contributed by atoms with Gasteiger partial charge in [0.05, 0.1) is 0 Å². The molecule has 0 amide bonds. The zero-order valence-corrected chi connectivity index (χ0v) is 8.36. The van der Waals surface area contributed by atoms with E-state index in [1.165, 1.54) is 0 Å². The molecular formula is C10H8ClN3. The molecular weight excluding hydrogens is 198 g/mol. The summed E-state index contributed by atoms with van der Waals surface area (Å²) in [6, 6.07) is 11.1. The second kappa shape index (κ2) is 5.15. The molecule has 0 aromatic heterocycles. The summed E-state index contributed by atoms with van der Waals surface area (Å²) >= 11 is 5.50. The van der Waals surface area contributed by atoms with Gasteiger partial charge in [0.1, 0.15) is 11.2 Å². The molecule has 0 spiro atoms. The van der Waals surface area contributed by atoms with Crippen molar-refractivity contribution in [1.82, 2.24) is 0 Å². The van der Waals surface area contributed by atoms with Gasteiger partial charge in [0.25, 0.3) is 0 Å². The Morgan fingerprint density at radius 1 is 1.29 bits per heavy atom. The highest BCUT2D eigenvalue weighted by Crippen LogP contribution is 2.01. The zero-order valence-electron chi connectivity index (χ0n) is 7.61. The standard InChI is InChI=1S/C10H8ClN3/c1-8(11)13-14-10(7-12)9-5-3-2-4-6-9/h2-6H,1H3. The molecule has 3 nitrogen and oxygen atoms in total. The maximum Gasteiger partial charge on any atom is 0.170 e. The van der Waals surface area contributed by atoms with E-state index in [1.54, 1.807) is 19.1 Å². The first-order valence-corrected chi connectivity index (χ1v) is 4.35. The van der Waals surface area contributed by atoms with Gasteiger partial charge in [-0.2, -0.15) is 5.26 Å². The summed E-state index contributed by atoms with van der Waals surface area (Å²) in [6.07, 6.45) is 0. The van der Waals surface area contributed by atoms with E-state index in [-0.39, 0.29) is 5.71 Å². The summed E-state index contributed by atoms with van der Waals surface area (Å²) in [5, 5.41) is 16.4. The van der Waals surface area contributed by atoms with Crippen molar-refractivity contribution in [3.05, 3.63) is 35.9 Å². The largest absolute Gasteiger partial charge is 0.191 e. The van der Waals surface area contributed by atoms with Gasteiger partial charge in [-0.3, -0.25) is 0 Å². The van der Waals surface area contributed by atoms with Crippen LogP contribution < -0.4 is 0 Å². The Kier molecular flexibility index (Phi) is 3.84. The second-order valence-electron chi connectivity index (χ2n) is 2.52. The lowest BCUT2D eigenvalue weighted by molar-refractivity contribution is 1.24. The lowest BCUT2D eigenvalue weighted by atomic mass is 10.1. The first kappa shape index (κ1) is 10.4. The Morgan fingerprint density at radius 2 is 1.93 bits per heavy atom. The van der Waals surface area contributed by atoms with Crippen molar-refractivity contribution in [2.45, 2.75) is 6.92 Å². The summed E-state index contributed by atoms with van der Waals surface area (Å²) in [5.41, 5.74) is 0.988. The number of nitriles is 1. The minimum Gasteiger partial charge on any atom is -0.191 e. The average molecular weight is 206 g/mol. The molecule has 0 saturated heterocycles. The number of hydrogen-bond acceptors (Lipinski definition) is 3. The smallest absolute Gasteiger partial charge is 0.170 e. The Balaban J connectivity index is 3.01. The molecule has 4 heteroatoms. The van der Waals surface area contributed by atoms with E-state index in [4.69, 9.17) is 16.9 Å². The van der Waals surface area contributed by atoms with E-state index >= 15 is 0 Å². The van der Waals surface area contributed by atoms with Crippen molar-refractivity contribution < 1.29 is 0 Å². The quantitative estimate of drug-likeness (QED) is 0.541. The Labute approximate surface area is 87.3 Å². The van der Waals surface area contributed by atoms with Gasteiger partial charge in [-0.15, -0.1) is 10.2 Å². The van der Waals surface area contributed by atoms with Gasteiger partial charge in [0.15, 0.2) is 5.71 Å². The highest BCUT2D eigenvalue weighted by molar-refractivity contribution is 6.64. The van der Waals surface area contributed by atoms with Crippen molar-refractivity contribution in [2.75, 3.05) is 0 Å². The van der Waals surface area contributed by atoms with Crippen LogP contribution in [0.2, 0.25) is 0 Å². The van der Waals surface area contributed by atoms with Gasteiger partial charge < -0.3 is 0 Å². The van der Waals surface area contributed by atoms with Crippen LogP contribution in [-0.2, 0) is 0 Å². The molecule has 0 aliphatic carbocycles. The predicted octanol–water partition coefficient (Wildman–Crippen LogP) is 2.57. The van der Waals surface area contributed by atoms with Crippen molar-refractivity contribution in [1.29, 1.82) is 5.26 Å². The molecule has 14 heavy (non-hydrogen) atoms. The van der Waals surface area contributed by atoms with E-state index in [9.17, 15) is 0 Å². The molecule has 0 saturated carbocycles. The molecule has 0 unspecified atom stereocenters. The van der Waals surface area contributed by atoms with Crippen LogP contribution in [0.5, 0.6) is 0 Å². The SMILES string of the molecule is CC(Cl)=NN=C(C#N)c1ccccc1. The molecule has 0 atom stereocenters. The van der Waals surface area contributed by atoms with E-state index in [1.807, 2.05) is 24.3 Å². The van der Waals surface area contributed by atoms with Gasteiger partial charge >= 0.3 is 0 Å². The molecule has 1 rings (SSSR count). The van der Waals surface area contributed by atoms with Gasteiger partial charge in [-0.05, 0) is 6.92 Å². The fraction of sp³-hybridized carbons (Fsp3) is 0.100. The summed E-state index contributed by atoms with van der Waals surface area (Å²) < 4.78 is 0. The predicted molar refractivity (Wildman–Crippen MR) is 57.6 cm³/mol. The summed E-state index contributed by atoms with van der Waals surface area (Å²) in [6.45, 7) is 1.60. The van der Waals surface area contributed by atoms with Crippen LogP contribution in [-0.4, -0.2) is 10.9 Å². The maximum atomic E-state index is 8.80. The number of rotatable bonds is 2. The second-order valence-corrected chi connectivity index (χ2v) is 3.07. The molecule has 0 aliphatic heterocycles. The Morgan fingerprint density at radius 3 is 2.43 bits per heavy atom. The third kappa shape index (κ3) is 3.00. The zero-order chi connectivity index (χ0) is 10.4. The van der Waals surface area contributed by atoms with Gasteiger partial charge in [0.2, 0.25) is 0 Å². The van der Waals surface area contributed by atoms with Crippen LogP contribution in [0.3, 0.4) is 0 Å². The third-order valence-electron chi connectivity index (χ3n) is 1.44. The third-order valence-corrected chi connectivity index (χ3v) is 1.52. The Bertz CT molecular complexity index is 397. The molecule has 0 fully saturated rings. The highest BCUT2D eigenvalue weighted by Gasteiger charge is 1.99. The van der Waals surface area contributed by atoms with Crippen molar-refractivity contribution in [3.8, 4) is 6.07 Å². The highest BCUT2D eigenvalue weighted by atomic mass is 35.5. The first-order chi connectivity index (χ1) is 6.74. The molecule has 1 aromatic rings. The number of benzene rings is 1. The van der Waals surface area contributed by atoms with Gasteiger partial charge in [-0.25, -0.2) is 0 Å². The van der Waals surface area contributed by atoms with E-state index in [0.717, 1.165) is 5.56 Å². The molecule has 0 aliphatic rings. The van der Waals surface area contributed by atoms with Gasteiger partial charge in [0, 0.05) is 5.56 Å². The van der Waals surface area contributed by atoms with E-state index < -0.39 is 0 Å². The maximum absolute atomic E-state index is 8.80. The summed E-state index contributed by atoms with van der Waals surface area (Å²) in [4.78, 5) is 0. The van der Waals surface area contributed by atoms with Crippen molar-refractivity contribution in [3.63, 3.8) is 0 Å². The number of nitrogens with zero attached hydrogens (tertiary/aromatic N) is 3. The normalized spacial score (nSPS) is 12.4. The topological polar surface area (TPSA) is 48.5 Å². The van der Waals surface area contributed by atoms with Crippen LogP contribution >= 0.6 is 11.6 Å². The van der Waals surface area contributed by atoms with Crippen LogP contribution in [0, 0.1) is 11.3 Å². The minimum atomic E-state index is 0.255. The number of halogens is 1. The van der Waals surface area contributed by atoms with Crippen LogP contribution in [0.1, 0.15) is 12.5 Å². The van der Waals surface area contributed by atoms with E-state index in [0.29, 0.717) is 5.17 Å². The van der Waals surface area contributed by atoms with Crippen molar-refractivity contribution in [2.24, 2.45) is 10.2 Å². The minimum absolute atomic E-state index is 0.255. The molecule has 0 bridgehead atoms.